The van der Waals surface area contributed by atoms with Gasteiger partial charge in [-0.25, -0.2) is 0 Å². The van der Waals surface area contributed by atoms with Gasteiger partial charge in [0.05, 0.1) is 6.54 Å². The molecule has 1 rings (SSSR count). The van der Waals surface area contributed by atoms with E-state index in [4.69, 9.17) is 5.73 Å². The van der Waals surface area contributed by atoms with E-state index in [0.29, 0.717) is 13.1 Å². The second kappa shape index (κ2) is 7.01. The molecular formula is C14H23N3O. The maximum atomic E-state index is 11.7. The summed E-state index contributed by atoms with van der Waals surface area (Å²) in [7, 11) is 1.92. The zero-order chi connectivity index (χ0) is 13.5. The molecule has 0 aliphatic heterocycles. The molecule has 18 heavy (non-hydrogen) atoms. The number of aryl methyl sites for hydroxylation is 1. The van der Waals surface area contributed by atoms with Gasteiger partial charge in [-0.2, -0.15) is 0 Å². The minimum absolute atomic E-state index is 0.0468. The van der Waals surface area contributed by atoms with Crippen molar-refractivity contribution in [2.45, 2.75) is 26.8 Å². The molecule has 0 saturated carbocycles. The minimum atomic E-state index is 0.0468. The molecule has 0 heterocycles. The number of carbonyl (C=O) groups is 1. The van der Waals surface area contributed by atoms with Crippen LogP contribution in [0.25, 0.3) is 0 Å². The lowest BCUT2D eigenvalue weighted by molar-refractivity contribution is -0.119. The largest absolute Gasteiger partial charge is 0.365 e. The summed E-state index contributed by atoms with van der Waals surface area (Å²) in [4.78, 5) is 13.7. The summed E-state index contributed by atoms with van der Waals surface area (Å²) < 4.78 is 0. The number of hydrogen-bond acceptors (Lipinski definition) is 3. The summed E-state index contributed by atoms with van der Waals surface area (Å²) >= 11 is 0. The van der Waals surface area contributed by atoms with Crippen molar-refractivity contribution in [1.82, 2.24) is 5.32 Å². The van der Waals surface area contributed by atoms with E-state index < -0.39 is 0 Å². The van der Waals surface area contributed by atoms with Crippen molar-refractivity contribution in [2.24, 2.45) is 5.73 Å². The van der Waals surface area contributed by atoms with E-state index in [2.05, 4.69) is 5.32 Å². The molecule has 0 radical (unpaired) electrons. The Morgan fingerprint density at radius 2 is 2.17 bits per heavy atom. The Labute approximate surface area is 109 Å². The first-order valence-corrected chi connectivity index (χ1v) is 6.36. The van der Waals surface area contributed by atoms with Crippen LogP contribution in [0.2, 0.25) is 0 Å². The lowest BCUT2D eigenvalue weighted by Gasteiger charge is -2.23. The van der Waals surface area contributed by atoms with E-state index in [1.807, 2.05) is 44.0 Å². The third-order valence-electron chi connectivity index (χ3n) is 2.88. The van der Waals surface area contributed by atoms with Crippen LogP contribution in [0.5, 0.6) is 0 Å². The molecule has 3 N–H and O–H groups in total. The lowest BCUT2D eigenvalue weighted by atomic mass is 10.1. The van der Waals surface area contributed by atoms with Crippen molar-refractivity contribution in [1.29, 1.82) is 0 Å². The van der Waals surface area contributed by atoms with Crippen molar-refractivity contribution in [3.8, 4) is 0 Å². The highest BCUT2D eigenvalue weighted by Gasteiger charge is 2.12. The predicted octanol–water partition coefficient (Wildman–Crippen LogP) is 1.42. The molecule has 4 heteroatoms. The van der Waals surface area contributed by atoms with Crippen LogP contribution >= 0.6 is 0 Å². The van der Waals surface area contributed by atoms with Crippen LogP contribution in [0.15, 0.2) is 18.2 Å². The van der Waals surface area contributed by atoms with E-state index in [0.717, 1.165) is 29.8 Å². The van der Waals surface area contributed by atoms with Crippen LogP contribution in [-0.2, 0) is 11.3 Å². The van der Waals surface area contributed by atoms with E-state index >= 15 is 0 Å². The second-order valence-corrected chi connectivity index (χ2v) is 4.49. The Bertz CT molecular complexity index is 404. The smallest absolute Gasteiger partial charge is 0.239 e. The number of para-hydroxylation sites is 1. The first-order valence-electron chi connectivity index (χ1n) is 6.36. The Balaban J connectivity index is 2.77. The van der Waals surface area contributed by atoms with Crippen LogP contribution in [-0.4, -0.2) is 26.0 Å². The van der Waals surface area contributed by atoms with Gasteiger partial charge >= 0.3 is 0 Å². The standard InChI is InChI=1S/C14H23N3O/c1-4-8-16-13(18)10-17(3)14-11(2)6-5-7-12(14)9-15/h5-7H,4,8-10,15H2,1-3H3,(H,16,18). The molecule has 100 valence electrons. The number of likely N-dealkylation sites (N-methyl/N-ethyl adjacent to an activating group) is 1. The highest BCUT2D eigenvalue weighted by atomic mass is 16.2. The second-order valence-electron chi connectivity index (χ2n) is 4.49. The van der Waals surface area contributed by atoms with Gasteiger partial charge in [0.1, 0.15) is 0 Å². The summed E-state index contributed by atoms with van der Waals surface area (Å²) in [5.74, 6) is 0.0468. The van der Waals surface area contributed by atoms with Crippen molar-refractivity contribution in [3.63, 3.8) is 0 Å². The van der Waals surface area contributed by atoms with Crippen molar-refractivity contribution in [3.05, 3.63) is 29.3 Å². The molecule has 0 unspecified atom stereocenters. The van der Waals surface area contributed by atoms with Gasteiger partial charge in [0.15, 0.2) is 0 Å². The molecule has 4 nitrogen and oxygen atoms in total. The monoisotopic (exact) mass is 249 g/mol. The molecule has 0 atom stereocenters. The van der Waals surface area contributed by atoms with Gasteiger partial charge < -0.3 is 16.0 Å². The number of amides is 1. The zero-order valence-electron chi connectivity index (χ0n) is 11.5. The molecule has 0 bridgehead atoms. The summed E-state index contributed by atoms with van der Waals surface area (Å²) in [6, 6.07) is 6.03. The number of nitrogens with two attached hydrogens (primary N) is 1. The van der Waals surface area contributed by atoms with Crippen molar-refractivity contribution >= 4 is 11.6 Å². The number of carbonyl (C=O) groups excluding carboxylic acids is 1. The van der Waals surface area contributed by atoms with Crippen LogP contribution in [0.4, 0.5) is 5.69 Å². The van der Waals surface area contributed by atoms with Gasteiger partial charge in [-0.15, -0.1) is 0 Å². The van der Waals surface area contributed by atoms with Crippen LogP contribution in [0.1, 0.15) is 24.5 Å². The fourth-order valence-electron chi connectivity index (χ4n) is 2.05. The summed E-state index contributed by atoms with van der Waals surface area (Å²) in [6.07, 6.45) is 0.952. The molecule has 0 saturated heterocycles. The lowest BCUT2D eigenvalue weighted by Crippen LogP contribution is -2.36. The number of hydrogen-bond donors (Lipinski definition) is 2. The minimum Gasteiger partial charge on any atom is -0.365 e. The Morgan fingerprint density at radius 3 is 2.78 bits per heavy atom. The van der Waals surface area contributed by atoms with Gasteiger partial charge in [0, 0.05) is 25.8 Å². The quantitative estimate of drug-likeness (QED) is 0.801. The van der Waals surface area contributed by atoms with Crippen LogP contribution < -0.4 is 16.0 Å². The molecule has 0 aromatic heterocycles. The number of nitrogens with zero attached hydrogens (tertiary/aromatic N) is 1. The van der Waals surface area contributed by atoms with Gasteiger partial charge in [-0.1, -0.05) is 25.1 Å². The van der Waals surface area contributed by atoms with Gasteiger partial charge in [-0.05, 0) is 24.5 Å². The van der Waals surface area contributed by atoms with E-state index in [1.165, 1.54) is 0 Å². The first-order chi connectivity index (χ1) is 8.60. The average molecular weight is 249 g/mol. The topological polar surface area (TPSA) is 58.4 Å². The third-order valence-corrected chi connectivity index (χ3v) is 2.88. The van der Waals surface area contributed by atoms with Gasteiger partial charge in [0.25, 0.3) is 0 Å². The number of rotatable bonds is 6. The molecule has 0 aliphatic rings. The maximum absolute atomic E-state index is 11.7. The molecule has 1 aromatic rings. The Kier molecular flexibility index (Phi) is 5.65. The van der Waals surface area contributed by atoms with Crippen LogP contribution in [0, 0.1) is 6.92 Å². The summed E-state index contributed by atoms with van der Waals surface area (Å²) in [5, 5.41) is 2.88. The Hall–Kier alpha value is -1.55. The normalized spacial score (nSPS) is 10.2. The molecule has 1 amide bonds. The molecule has 0 fully saturated rings. The van der Waals surface area contributed by atoms with Gasteiger partial charge in [0.2, 0.25) is 5.91 Å². The van der Waals surface area contributed by atoms with Crippen molar-refractivity contribution in [2.75, 3.05) is 25.0 Å². The average Bonchev–Trinajstić information content (AvgIpc) is 2.35. The van der Waals surface area contributed by atoms with E-state index in [-0.39, 0.29) is 5.91 Å². The molecule has 1 aromatic carbocycles. The van der Waals surface area contributed by atoms with Crippen LogP contribution in [0.3, 0.4) is 0 Å². The highest BCUT2D eigenvalue weighted by molar-refractivity contribution is 5.81. The maximum Gasteiger partial charge on any atom is 0.239 e. The SMILES string of the molecule is CCCNC(=O)CN(C)c1c(C)cccc1CN. The Morgan fingerprint density at radius 1 is 1.44 bits per heavy atom. The molecular weight excluding hydrogens is 226 g/mol. The summed E-state index contributed by atoms with van der Waals surface area (Å²) in [5.41, 5.74) is 9.02. The molecule has 0 aliphatic carbocycles. The number of anilines is 1. The van der Waals surface area contributed by atoms with E-state index in [9.17, 15) is 4.79 Å². The van der Waals surface area contributed by atoms with Gasteiger partial charge in [-0.3, -0.25) is 4.79 Å². The zero-order valence-corrected chi connectivity index (χ0v) is 11.5. The third kappa shape index (κ3) is 3.74. The first kappa shape index (κ1) is 14.5. The summed E-state index contributed by atoms with van der Waals surface area (Å²) in [6.45, 7) is 5.65. The highest BCUT2D eigenvalue weighted by Crippen LogP contribution is 2.23. The van der Waals surface area contributed by atoms with Crippen molar-refractivity contribution < 1.29 is 4.79 Å². The fraction of sp³-hybridized carbons (Fsp3) is 0.500. The number of nitrogens with one attached hydrogen (secondary N) is 1. The fourth-order valence-corrected chi connectivity index (χ4v) is 2.05. The molecule has 0 spiro atoms. The van der Waals surface area contributed by atoms with E-state index in [1.54, 1.807) is 0 Å². The predicted molar refractivity (Wildman–Crippen MR) is 75.6 cm³/mol. The number of benzene rings is 1.